The van der Waals surface area contributed by atoms with Crippen LogP contribution < -0.4 is 0 Å². The van der Waals surface area contributed by atoms with E-state index in [1.807, 2.05) is 0 Å². The van der Waals surface area contributed by atoms with Crippen LogP contribution in [0.15, 0.2) is 0 Å². The Hall–Kier alpha value is -1.20. The normalized spacial score (nSPS) is 21.0. The first kappa shape index (κ1) is 14.9. The molecule has 18 heavy (non-hydrogen) atoms. The van der Waals surface area contributed by atoms with Crippen LogP contribution in [-0.2, 0) is 9.53 Å². The fourth-order valence-corrected chi connectivity index (χ4v) is 1.92. The minimum Gasteiger partial charge on any atom is -0.444 e. The molecule has 0 N–H and O–H groups in total. The Balaban J connectivity index is 2.83. The number of likely N-dealkylation sites (tertiary alicyclic amines) is 1. The standard InChI is InChI=1S/C12H19F2NO3/c1-8(16)12(13,14)9-6-5-7-15(9)10(17)18-11(2,3)4/h9H,5-7H2,1-4H3. The smallest absolute Gasteiger partial charge is 0.410 e. The summed E-state index contributed by atoms with van der Waals surface area (Å²) in [6.45, 7) is 6.03. The lowest BCUT2D eigenvalue weighted by atomic mass is 10.0. The van der Waals surface area contributed by atoms with Crippen LogP contribution in [0.5, 0.6) is 0 Å². The van der Waals surface area contributed by atoms with Crippen LogP contribution in [0, 0.1) is 0 Å². The molecule has 0 aliphatic carbocycles. The topological polar surface area (TPSA) is 46.6 Å². The van der Waals surface area contributed by atoms with Crippen LogP contribution in [0.3, 0.4) is 0 Å². The van der Waals surface area contributed by atoms with Gasteiger partial charge in [-0.25, -0.2) is 4.79 Å². The van der Waals surface area contributed by atoms with Gasteiger partial charge in [-0.05, 0) is 33.6 Å². The first-order valence-corrected chi connectivity index (χ1v) is 5.94. The van der Waals surface area contributed by atoms with Crippen molar-refractivity contribution in [2.45, 2.75) is 58.1 Å². The third-order valence-corrected chi connectivity index (χ3v) is 2.77. The van der Waals surface area contributed by atoms with Crippen LogP contribution >= 0.6 is 0 Å². The second-order valence-corrected chi connectivity index (χ2v) is 5.51. The van der Waals surface area contributed by atoms with E-state index < -0.39 is 29.4 Å². The lowest BCUT2D eigenvalue weighted by Crippen LogP contribution is -2.51. The van der Waals surface area contributed by atoms with E-state index in [1.54, 1.807) is 20.8 Å². The van der Waals surface area contributed by atoms with Crippen molar-refractivity contribution < 1.29 is 23.1 Å². The summed E-state index contributed by atoms with van der Waals surface area (Å²) in [5, 5.41) is 0. The predicted molar refractivity (Wildman–Crippen MR) is 61.6 cm³/mol. The molecule has 0 bridgehead atoms. The van der Waals surface area contributed by atoms with Gasteiger partial charge in [-0.1, -0.05) is 0 Å². The van der Waals surface area contributed by atoms with E-state index in [-0.39, 0.29) is 13.0 Å². The Morgan fingerprint density at radius 2 is 1.83 bits per heavy atom. The van der Waals surface area contributed by atoms with Crippen molar-refractivity contribution >= 4 is 11.9 Å². The van der Waals surface area contributed by atoms with Crippen molar-refractivity contribution in [2.75, 3.05) is 6.54 Å². The fourth-order valence-electron chi connectivity index (χ4n) is 1.92. The molecule has 0 radical (unpaired) electrons. The lowest BCUT2D eigenvalue weighted by molar-refractivity contribution is -0.149. The molecule has 1 aliphatic rings. The highest BCUT2D eigenvalue weighted by Gasteiger charge is 2.51. The number of nitrogens with zero attached hydrogens (tertiary/aromatic N) is 1. The number of carbonyl (C=O) groups excluding carboxylic acids is 2. The number of halogens is 2. The molecule has 0 aromatic rings. The van der Waals surface area contributed by atoms with Crippen molar-refractivity contribution in [3.05, 3.63) is 0 Å². The van der Waals surface area contributed by atoms with E-state index in [9.17, 15) is 18.4 Å². The van der Waals surface area contributed by atoms with Gasteiger partial charge in [0.1, 0.15) is 11.6 Å². The molecule has 1 rings (SSSR count). The van der Waals surface area contributed by atoms with Gasteiger partial charge in [0.05, 0.1) is 0 Å². The molecule has 104 valence electrons. The average Bonchev–Trinajstić information content (AvgIpc) is 2.62. The molecular weight excluding hydrogens is 244 g/mol. The summed E-state index contributed by atoms with van der Waals surface area (Å²) in [7, 11) is 0. The van der Waals surface area contributed by atoms with Crippen molar-refractivity contribution in [1.82, 2.24) is 4.90 Å². The van der Waals surface area contributed by atoms with Crippen LogP contribution in [-0.4, -0.2) is 40.9 Å². The van der Waals surface area contributed by atoms with Gasteiger partial charge in [0, 0.05) is 13.5 Å². The highest BCUT2D eigenvalue weighted by atomic mass is 19.3. The van der Waals surface area contributed by atoms with Crippen molar-refractivity contribution in [3.8, 4) is 0 Å². The minimum absolute atomic E-state index is 0.117. The minimum atomic E-state index is -3.51. The van der Waals surface area contributed by atoms with E-state index >= 15 is 0 Å². The first-order valence-electron chi connectivity index (χ1n) is 5.94. The molecule has 0 aromatic carbocycles. The SMILES string of the molecule is CC(=O)C(F)(F)C1CCCN1C(=O)OC(C)(C)C. The fraction of sp³-hybridized carbons (Fsp3) is 0.833. The Morgan fingerprint density at radius 1 is 1.28 bits per heavy atom. The first-order chi connectivity index (χ1) is 8.05. The Morgan fingerprint density at radius 3 is 2.28 bits per heavy atom. The molecule has 1 saturated heterocycles. The average molecular weight is 263 g/mol. The monoisotopic (exact) mass is 263 g/mol. The van der Waals surface area contributed by atoms with E-state index in [2.05, 4.69) is 0 Å². The van der Waals surface area contributed by atoms with Gasteiger partial charge >= 0.3 is 12.0 Å². The molecule has 1 fully saturated rings. The van der Waals surface area contributed by atoms with Gasteiger partial charge in [0.25, 0.3) is 0 Å². The number of hydrogen-bond donors (Lipinski definition) is 0. The predicted octanol–water partition coefficient (Wildman–Crippen LogP) is 2.61. The molecule has 0 saturated carbocycles. The van der Waals surface area contributed by atoms with Crippen LogP contribution in [0.4, 0.5) is 13.6 Å². The maximum absolute atomic E-state index is 13.7. The number of carbonyl (C=O) groups is 2. The second kappa shape index (κ2) is 4.82. The summed E-state index contributed by atoms with van der Waals surface area (Å²) in [6.07, 6.45) is -0.218. The zero-order chi connectivity index (χ0) is 14.1. The number of amides is 1. The summed E-state index contributed by atoms with van der Waals surface area (Å²) in [4.78, 5) is 23.7. The van der Waals surface area contributed by atoms with Gasteiger partial charge in [0.15, 0.2) is 0 Å². The number of ketones is 1. The van der Waals surface area contributed by atoms with Crippen LogP contribution in [0.2, 0.25) is 0 Å². The number of rotatable bonds is 2. The van der Waals surface area contributed by atoms with Crippen LogP contribution in [0.1, 0.15) is 40.5 Å². The molecule has 1 aliphatic heterocycles. The van der Waals surface area contributed by atoms with Gasteiger partial charge in [-0.15, -0.1) is 0 Å². The molecule has 6 heteroatoms. The summed E-state index contributed by atoms with van der Waals surface area (Å²) < 4.78 is 32.5. The summed E-state index contributed by atoms with van der Waals surface area (Å²) in [5.41, 5.74) is -0.740. The maximum atomic E-state index is 13.7. The van der Waals surface area contributed by atoms with E-state index in [0.29, 0.717) is 6.42 Å². The number of alkyl halides is 2. The van der Waals surface area contributed by atoms with Crippen molar-refractivity contribution in [2.24, 2.45) is 0 Å². The van der Waals surface area contributed by atoms with E-state index in [0.717, 1.165) is 11.8 Å². The molecule has 1 heterocycles. The number of hydrogen-bond acceptors (Lipinski definition) is 3. The molecule has 1 amide bonds. The number of ether oxygens (including phenoxy) is 1. The molecular formula is C12H19F2NO3. The zero-order valence-electron chi connectivity index (χ0n) is 11.1. The molecule has 0 spiro atoms. The quantitative estimate of drug-likeness (QED) is 0.769. The van der Waals surface area contributed by atoms with Crippen LogP contribution in [0.25, 0.3) is 0 Å². The number of Topliss-reactive ketones (excluding diaryl/α,β-unsaturated/α-hetero) is 1. The molecule has 0 aromatic heterocycles. The lowest BCUT2D eigenvalue weighted by Gasteiger charge is -2.31. The largest absolute Gasteiger partial charge is 0.444 e. The zero-order valence-corrected chi connectivity index (χ0v) is 11.1. The Kier molecular flexibility index (Phi) is 3.98. The molecule has 4 nitrogen and oxygen atoms in total. The van der Waals surface area contributed by atoms with Gasteiger partial charge in [-0.2, -0.15) is 8.78 Å². The second-order valence-electron chi connectivity index (χ2n) is 5.51. The molecule has 1 unspecified atom stereocenters. The van der Waals surface area contributed by atoms with Gasteiger partial charge in [0.2, 0.25) is 5.78 Å². The Bertz CT molecular complexity index is 350. The van der Waals surface area contributed by atoms with Crippen molar-refractivity contribution in [1.29, 1.82) is 0 Å². The van der Waals surface area contributed by atoms with E-state index in [1.165, 1.54) is 0 Å². The summed E-state index contributed by atoms with van der Waals surface area (Å²) in [6, 6.07) is -1.38. The third-order valence-electron chi connectivity index (χ3n) is 2.77. The third kappa shape index (κ3) is 3.17. The summed E-state index contributed by atoms with van der Waals surface area (Å²) in [5.74, 6) is -4.73. The maximum Gasteiger partial charge on any atom is 0.410 e. The van der Waals surface area contributed by atoms with Gasteiger partial charge in [-0.3, -0.25) is 9.69 Å². The summed E-state index contributed by atoms with van der Waals surface area (Å²) >= 11 is 0. The Labute approximate surface area is 105 Å². The highest BCUT2D eigenvalue weighted by molar-refractivity contribution is 5.85. The van der Waals surface area contributed by atoms with Gasteiger partial charge < -0.3 is 4.74 Å². The van der Waals surface area contributed by atoms with Crippen molar-refractivity contribution in [3.63, 3.8) is 0 Å². The molecule has 1 atom stereocenters. The highest BCUT2D eigenvalue weighted by Crippen LogP contribution is 2.33. The van der Waals surface area contributed by atoms with E-state index in [4.69, 9.17) is 4.74 Å².